The van der Waals surface area contributed by atoms with Crippen molar-refractivity contribution >= 4 is 0 Å². The van der Waals surface area contributed by atoms with E-state index < -0.39 is 6.17 Å². The number of rotatable bonds is 2. The van der Waals surface area contributed by atoms with E-state index in [2.05, 4.69) is 12.2 Å². The first-order valence-electron chi connectivity index (χ1n) is 6.05. The number of hydrogen-bond acceptors (Lipinski definition) is 0. The van der Waals surface area contributed by atoms with E-state index in [0.29, 0.717) is 6.42 Å². The maximum Gasteiger partial charge on any atom is 0.101 e. The molecule has 2 unspecified atom stereocenters. The van der Waals surface area contributed by atoms with Crippen LogP contribution in [0.3, 0.4) is 0 Å². The van der Waals surface area contributed by atoms with Crippen molar-refractivity contribution in [1.82, 2.24) is 0 Å². The quantitative estimate of drug-likeness (QED) is 0.652. The van der Waals surface area contributed by atoms with Gasteiger partial charge in [-0.3, -0.25) is 0 Å². The summed E-state index contributed by atoms with van der Waals surface area (Å²) in [5.74, 6) is 0.248. The van der Waals surface area contributed by atoms with Crippen molar-refractivity contribution in [2.75, 3.05) is 0 Å². The molecule has 0 amide bonds. The molecule has 0 nitrogen and oxygen atoms in total. The van der Waals surface area contributed by atoms with Crippen LogP contribution >= 0.6 is 0 Å². The average molecular weight is 216 g/mol. The van der Waals surface area contributed by atoms with Crippen molar-refractivity contribution in [3.05, 3.63) is 48.0 Å². The summed E-state index contributed by atoms with van der Waals surface area (Å²) in [7, 11) is 0. The van der Waals surface area contributed by atoms with Gasteiger partial charge in [0.25, 0.3) is 0 Å². The molecule has 0 heterocycles. The molecule has 0 saturated heterocycles. The van der Waals surface area contributed by atoms with Crippen molar-refractivity contribution in [1.29, 1.82) is 0 Å². The maximum absolute atomic E-state index is 13.4. The third kappa shape index (κ3) is 3.48. The lowest BCUT2D eigenvalue weighted by molar-refractivity contribution is 0.282. The highest BCUT2D eigenvalue weighted by atomic mass is 19.1. The highest BCUT2D eigenvalue weighted by Crippen LogP contribution is 2.25. The van der Waals surface area contributed by atoms with Gasteiger partial charge in [0, 0.05) is 0 Å². The third-order valence-electron chi connectivity index (χ3n) is 3.05. The fourth-order valence-electron chi connectivity index (χ4n) is 2.14. The number of benzene rings is 1. The number of hydrogen-bond donors (Lipinski definition) is 0. The van der Waals surface area contributed by atoms with Crippen LogP contribution in [0.2, 0.25) is 0 Å². The van der Waals surface area contributed by atoms with Gasteiger partial charge >= 0.3 is 0 Å². The lowest BCUT2D eigenvalue weighted by Crippen LogP contribution is -2.04. The molecule has 1 aromatic carbocycles. The molecule has 1 aromatic rings. The first-order chi connectivity index (χ1) is 7.84. The zero-order valence-corrected chi connectivity index (χ0v) is 9.45. The summed E-state index contributed by atoms with van der Waals surface area (Å²) in [6.45, 7) is 0. The molecule has 1 heteroatoms. The predicted octanol–water partition coefficient (Wildman–Crippen LogP) is 4.12. The minimum absolute atomic E-state index is 0.248. The first-order valence-corrected chi connectivity index (χ1v) is 6.05. The Morgan fingerprint density at radius 1 is 1.06 bits per heavy atom. The van der Waals surface area contributed by atoms with Gasteiger partial charge in [0.15, 0.2) is 0 Å². The summed E-state index contributed by atoms with van der Waals surface area (Å²) < 4.78 is 13.4. The molecule has 0 aromatic heterocycles. The topological polar surface area (TPSA) is 0 Å². The summed E-state index contributed by atoms with van der Waals surface area (Å²) in [5.41, 5.74) is 1.03. The van der Waals surface area contributed by atoms with Crippen molar-refractivity contribution < 1.29 is 4.39 Å². The Balaban J connectivity index is 1.95. The largest absolute Gasteiger partial charge is 0.247 e. The highest BCUT2D eigenvalue weighted by Gasteiger charge is 2.17. The summed E-state index contributed by atoms with van der Waals surface area (Å²) in [6, 6.07) is 9.94. The molecule has 2 rings (SSSR count). The zero-order chi connectivity index (χ0) is 11.2. The van der Waals surface area contributed by atoms with Crippen LogP contribution in [0.15, 0.2) is 30.3 Å². The minimum atomic E-state index is -0.641. The SMILES string of the molecule is FC1CCCCC([C]=[C]c2ccccc2)C1. The minimum Gasteiger partial charge on any atom is -0.247 e. The van der Waals surface area contributed by atoms with Gasteiger partial charge in [-0.2, -0.15) is 0 Å². The van der Waals surface area contributed by atoms with Gasteiger partial charge in [0.2, 0.25) is 0 Å². The molecular formula is C15H17F. The van der Waals surface area contributed by atoms with Crippen LogP contribution in [0, 0.1) is 18.1 Å². The Labute approximate surface area is 97.2 Å². The molecule has 0 bridgehead atoms. The van der Waals surface area contributed by atoms with Gasteiger partial charge in [0.05, 0.1) is 0 Å². The fraction of sp³-hybridized carbons (Fsp3) is 0.467. The van der Waals surface area contributed by atoms with Gasteiger partial charge in [-0.05, 0) is 42.9 Å². The molecule has 0 spiro atoms. The summed E-state index contributed by atoms with van der Waals surface area (Å²) in [5, 5.41) is 0. The van der Waals surface area contributed by atoms with Crippen LogP contribution < -0.4 is 0 Å². The summed E-state index contributed by atoms with van der Waals surface area (Å²) in [4.78, 5) is 0. The van der Waals surface area contributed by atoms with E-state index in [0.717, 1.165) is 31.2 Å². The van der Waals surface area contributed by atoms with E-state index in [-0.39, 0.29) is 5.92 Å². The van der Waals surface area contributed by atoms with E-state index >= 15 is 0 Å². The number of alkyl halides is 1. The van der Waals surface area contributed by atoms with Crippen molar-refractivity contribution in [3.63, 3.8) is 0 Å². The van der Waals surface area contributed by atoms with Crippen molar-refractivity contribution in [2.45, 2.75) is 38.3 Å². The van der Waals surface area contributed by atoms with Gasteiger partial charge in [-0.15, -0.1) is 0 Å². The van der Waals surface area contributed by atoms with Gasteiger partial charge in [0.1, 0.15) is 6.17 Å². The highest BCUT2D eigenvalue weighted by molar-refractivity contribution is 5.20. The van der Waals surface area contributed by atoms with Crippen LogP contribution in [0.4, 0.5) is 4.39 Å². The lowest BCUT2D eigenvalue weighted by atomic mass is 9.98. The lowest BCUT2D eigenvalue weighted by Gasteiger charge is -2.09. The Hall–Kier alpha value is -1.11. The molecule has 2 radical (unpaired) electrons. The monoisotopic (exact) mass is 216 g/mol. The average Bonchev–Trinajstić information content (AvgIpc) is 2.52. The Kier molecular flexibility index (Phi) is 4.15. The van der Waals surface area contributed by atoms with Crippen LogP contribution in [0.5, 0.6) is 0 Å². The zero-order valence-electron chi connectivity index (χ0n) is 9.45. The molecular weight excluding hydrogens is 199 g/mol. The second-order valence-corrected chi connectivity index (χ2v) is 4.45. The van der Waals surface area contributed by atoms with Crippen LogP contribution in [-0.2, 0) is 0 Å². The second kappa shape index (κ2) is 5.83. The Morgan fingerprint density at radius 2 is 1.81 bits per heavy atom. The molecule has 2 atom stereocenters. The van der Waals surface area contributed by atoms with E-state index in [1.54, 1.807) is 0 Å². The number of halogens is 1. The van der Waals surface area contributed by atoms with Crippen molar-refractivity contribution in [2.24, 2.45) is 5.92 Å². The van der Waals surface area contributed by atoms with E-state index in [1.807, 2.05) is 30.3 Å². The molecule has 84 valence electrons. The molecule has 1 aliphatic carbocycles. The Morgan fingerprint density at radius 3 is 2.62 bits per heavy atom. The standard InChI is InChI=1S/C15H17F/c16-15-9-5-4-8-14(12-15)11-10-13-6-2-1-3-7-13/h1-3,6-7,14-15H,4-5,8-9,12H2. The molecule has 0 aliphatic heterocycles. The Bertz CT molecular complexity index is 329. The summed E-state index contributed by atoms with van der Waals surface area (Å²) >= 11 is 0. The van der Waals surface area contributed by atoms with Crippen molar-refractivity contribution in [3.8, 4) is 0 Å². The third-order valence-corrected chi connectivity index (χ3v) is 3.05. The van der Waals surface area contributed by atoms with Crippen LogP contribution in [0.25, 0.3) is 0 Å². The summed E-state index contributed by atoms with van der Waals surface area (Å²) in [6.07, 6.45) is 10.3. The molecule has 16 heavy (non-hydrogen) atoms. The molecule has 1 fully saturated rings. The van der Waals surface area contributed by atoms with Gasteiger partial charge in [-0.1, -0.05) is 43.2 Å². The normalized spacial score (nSPS) is 26.8. The number of allylic oxidation sites excluding steroid dienone is 1. The molecule has 0 N–H and O–H groups in total. The maximum atomic E-state index is 13.4. The fourth-order valence-corrected chi connectivity index (χ4v) is 2.14. The predicted molar refractivity (Wildman–Crippen MR) is 63.5 cm³/mol. The van der Waals surface area contributed by atoms with E-state index in [9.17, 15) is 4.39 Å². The first kappa shape index (κ1) is 11.4. The van der Waals surface area contributed by atoms with E-state index in [1.165, 1.54) is 0 Å². The van der Waals surface area contributed by atoms with Crippen LogP contribution in [0.1, 0.15) is 37.7 Å². The second-order valence-electron chi connectivity index (χ2n) is 4.45. The van der Waals surface area contributed by atoms with Crippen LogP contribution in [-0.4, -0.2) is 6.17 Å². The molecule has 1 aliphatic rings. The van der Waals surface area contributed by atoms with Gasteiger partial charge in [-0.25, -0.2) is 4.39 Å². The smallest absolute Gasteiger partial charge is 0.101 e. The molecule has 1 saturated carbocycles. The van der Waals surface area contributed by atoms with Gasteiger partial charge < -0.3 is 0 Å². The van der Waals surface area contributed by atoms with E-state index in [4.69, 9.17) is 0 Å².